The van der Waals surface area contributed by atoms with E-state index in [2.05, 4.69) is 43.9 Å². The molecule has 0 radical (unpaired) electrons. The minimum Gasteiger partial charge on any atom is -0.378 e. The van der Waals surface area contributed by atoms with Gasteiger partial charge in [0.25, 0.3) is 0 Å². The van der Waals surface area contributed by atoms with Crippen molar-refractivity contribution in [2.24, 2.45) is 0 Å². The van der Waals surface area contributed by atoms with E-state index in [0.717, 1.165) is 93.3 Å². The molecule has 2 fully saturated rings. The number of ether oxygens (including phenoxy) is 1. The lowest BCUT2D eigenvalue weighted by molar-refractivity contribution is 0.122. The maximum absolute atomic E-state index is 5.55. The van der Waals surface area contributed by atoms with E-state index < -0.39 is 0 Å². The zero-order valence-corrected chi connectivity index (χ0v) is 18.7. The number of likely N-dealkylation sites (N-methyl/N-ethyl adjacent to an activating group) is 1. The van der Waals surface area contributed by atoms with Crippen LogP contribution in [0.4, 0.5) is 11.8 Å². The molecule has 2 aliphatic heterocycles. The molecule has 168 valence electrons. The van der Waals surface area contributed by atoms with Gasteiger partial charge in [-0.1, -0.05) is 12.1 Å². The van der Waals surface area contributed by atoms with Gasteiger partial charge in [0.2, 0.25) is 5.95 Å². The summed E-state index contributed by atoms with van der Waals surface area (Å²) >= 11 is 0. The number of rotatable bonds is 5. The van der Waals surface area contributed by atoms with Crippen LogP contribution in [-0.2, 0) is 4.74 Å². The number of nitrogens with zero attached hydrogens (tertiary/aromatic N) is 7. The number of anilines is 2. The lowest BCUT2D eigenvalue weighted by Crippen LogP contribution is -2.46. The number of pyridine rings is 1. The van der Waals surface area contributed by atoms with E-state index >= 15 is 0 Å². The van der Waals surface area contributed by atoms with Crippen LogP contribution in [-0.4, -0.2) is 84.0 Å². The molecule has 5 heterocycles. The Balaban J connectivity index is 1.48. The zero-order chi connectivity index (χ0) is 21.9. The molecule has 3 aromatic heterocycles. The van der Waals surface area contributed by atoms with Crippen molar-refractivity contribution in [2.45, 2.75) is 13.8 Å². The van der Waals surface area contributed by atoms with Crippen LogP contribution in [0.1, 0.15) is 12.6 Å². The minimum atomic E-state index is 0.664. The van der Waals surface area contributed by atoms with E-state index in [0.29, 0.717) is 5.76 Å². The number of hydrogen-bond donors (Lipinski definition) is 0. The van der Waals surface area contributed by atoms with Gasteiger partial charge in [0.1, 0.15) is 5.82 Å². The molecule has 0 N–H and O–H groups in total. The molecule has 0 spiro atoms. The highest BCUT2D eigenvalue weighted by molar-refractivity contribution is 5.78. The standard InChI is InChI=1S/C23H29N7O2/c1-3-28-6-8-30(9-7-28)23-25-16-19(20-14-17(2)27-32-20)22(26-23)18-4-5-21(24-15-18)29-10-12-31-13-11-29/h4-5,14-16H,3,6-13H2,1-2H3. The maximum Gasteiger partial charge on any atom is 0.225 e. The first-order valence-corrected chi connectivity index (χ1v) is 11.3. The van der Waals surface area contributed by atoms with Crippen LogP contribution in [0.5, 0.6) is 0 Å². The predicted molar refractivity (Wildman–Crippen MR) is 123 cm³/mol. The Bertz CT molecular complexity index is 1040. The fourth-order valence-electron chi connectivity index (χ4n) is 4.19. The Morgan fingerprint density at radius 2 is 1.75 bits per heavy atom. The van der Waals surface area contributed by atoms with E-state index in [-0.39, 0.29) is 0 Å². The van der Waals surface area contributed by atoms with Crippen molar-refractivity contribution in [2.75, 3.05) is 68.8 Å². The van der Waals surface area contributed by atoms with Crippen molar-refractivity contribution in [1.29, 1.82) is 0 Å². The molecule has 0 saturated carbocycles. The molecular weight excluding hydrogens is 406 g/mol. The Morgan fingerprint density at radius 1 is 0.938 bits per heavy atom. The van der Waals surface area contributed by atoms with Crippen molar-refractivity contribution in [1.82, 2.24) is 25.0 Å². The van der Waals surface area contributed by atoms with Gasteiger partial charge in [-0.05, 0) is 25.6 Å². The first-order valence-electron chi connectivity index (χ1n) is 11.3. The fourth-order valence-corrected chi connectivity index (χ4v) is 4.19. The van der Waals surface area contributed by atoms with Gasteiger partial charge in [0.05, 0.1) is 30.2 Å². The quantitative estimate of drug-likeness (QED) is 0.600. The summed E-state index contributed by atoms with van der Waals surface area (Å²) in [4.78, 5) is 21.3. The van der Waals surface area contributed by atoms with Crippen molar-refractivity contribution < 1.29 is 9.26 Å². The molecule has 0 atom stereocenters. The van der Waals surface area contributed by atoms with Crippen LogP contribution in [0.25, 0.3) is 22.6 Å². The molecule has 2 saturated heterocycles. The van der Waals surface area contributed by atoms with Crippen LogP contribution >= 0.6 is 0 Å². The molecule has 9 nitrogen and oxygen atoms in total. The summed E-state index contributed by atoms with van der Waals surface area (Å²) in [6.07, 6.45) is 3.73. The summed E-state index contributed by atoms with van der Waals surface area (Å²) in [5.41, 5.74) is 3.39. The summed E-state index contributed by atoms with van der Waals surface area (Å²) in [5.74, 6) is 2.36. The Kier molecular flexibility index (Phi) is 6.00. The van der Waals surface area contributed by atoms with E-state index in [4.69, 9.17) is 19.2 Å². The van der Waals surface area contributed by atoms with Crippen molar-refractivity contribution >= 4 is 11.8 Å². The first-order chi connectivity index (χ1) is 15.7. The van der Waals surface area contributed by atoms with Crippen LogP contribution < -0.4 is 9.80 Å². The number of hydrogen-bond acceptors (Lipinski definition) is 9. The van der Waals surface area contributed by atoms with Crippen molar-refractivity contribution in [3.63, 3.8) is 0 Å². The summed E-state index contributed by atoms with van der Waals surface area (Å²) in [7, 11) is 0. The molecular formula is C23H29N7O2. The van der Waals surface area contributed by atoms with Crippen LogP contribution in [0.3, 0.4) is 0 Å². The Morgan fingerprint density at radius 3 is 2.41 bits per heavy atom. The first kappa shape index (κ1) is 20.8. The zero-order valence-electron chi connectivity index (χ0n) is 18.7. The van der Waals surface area contributed by atoms with Crippen LogP contribution in [0.2, 0.25) is 0 Å². The minimum absolute atomic E-state index is 0.664. The molecule has 5 rings (SSSR count). The highest BCUT2D eigenvalue weighted by atomic mass is 16.5. The van der Waals surface area contributed by atoms with Crippen LogP contribution in [0.15, 0.2) is 35.1 Å². The molecule has 0 unspecified atom stereocenters. The second-order valence-electron chi connectivity index (χ2n) is 8.19. The van der Waals surface area contributed by atoms with Gasteiger partial charge in [0, 0.05) is 63.3 Å². The summed E-state index contributed by atoms with van der Waals surface area (Å²) < 4.78 is 11.0. The molecule has 9 heteroatoms. The Hall–Kier alpha value is -3.04. The smallest absolute Gasteiger partial charge is 0.225 e. The molecule has 0 amide bonds. The van der Waals surface area contributed by atoms with Gasteiger partial charge >= 0.3 is 0 Å². The van der Waals surface area contributed by atoms with Gasteiger partial charge in [-0.2, -0.15) is 0 Å². The largest absolute Gasteiger partial charge is 0.378 e. The fraction of sp³-hybridized carbons (Fsp3) is 0.478. The monoisotopic (exact) mass is 435 g/mol. The van der Waals surface area contributed by atoms with Gasteiger partial charge in [-0.15, -0.1) is 0 Å². The predicted octanol–water partition coefficient (Wildman–Crippen LogP) is 2.48. The van der Waals surface area contributed by atoms with Gasteiger partial charge in [-0.3, -0.25) is 0 Å². The maximum atomic E-state index is 5.55. The van der Waals surface area contributed by atoms with E-state index in [1.165, 1.54) is 0 Å². The van der Waals surface area contributed by atoms with Crippen LogP contribution in [0, 0.1) is 6.92 Å². The summed E-state index contributed by atoms with van der Waals surface area (Å²) in [5, 5.41) is 4.05. The highest BCUT2D eigenvalue weighted by Crippen LogP contribution is 2.32. The van der Waals surface area contributed by atoms with E-state index in [1.54, 1.807) is 0 Å². The number of morpholine rings is 1. The average molecular weight is 436 g/mol. The molecule has 0 bridgehead atoms. The lowest BCUT2D eigenvalue weighted by atomic mass is 10.1. The number of piperazine rings is 1. The average Bonchev–Trinajstić information content (AvgIpc) is 3.30. The second-order valence-corrected chi connectivity index (χ2v) is 8.19. The Labute approximate surface area is 188 Å². The number of aryl methyl sites for hydroxylation is 1. The lowest BCUT2D eigenvalue weighted by Gasteiger charge is -2.34. The van der Waals surface area contributed by atoms with Gasteiger partial charge in [0.15, 0.2) is 5.76 Å². The SMILES string of the molecule is CCN1CCN(c2ncc(-c3cc(C)no3)c(-c3ccc(N4CCOCC4)nc3)n2)CC1. The second kappa shape index (κ2) is 9.22. The van der Waals surface area contributed by atoms with E-state index in [1.807, 2.05) is 25.4 Å². The van der Waals surface area contributed by atoms with Gasteiger partial charge in [-0.25, -0.2) is 15.0 Å². The molecule has 2 aliphatic rings. The van der Waals surface area contributed by atoms with Gasteiger partial charge < -0.3 is 24.0 Å². The molecule has 0 aliphatic carbocycles. The third kappa shape index (κ3) is 4.31. The molecule has 32 heavy (non-hydrogen) atoms. The van der Waals surface area contributed by atoms with Crippen molar-refractivity contribution in [3.8, 4) is 22.6 Å². The normalized spacial score (nSPS) is 17.7. The van der Waals surface area contributed by atoms with Crippen molar-refractivity contribution in [3.05, 3.63) is 36.3 Å². The third-order valence-corrected chi connectivity index (χ3v) is 6.13. The summed E-state index contributed by atoms with van der Waals surface area (Å²) in [6, 6.07) is 6.04. The molecule has 3 aromatic rings. The highest BCUT2D eigenvalue weighted by Gasteiger charge is 2.22. The summed E-state index contributed by atoms with van der Waals surface area (Å²) in [6.45, 7) is 12.3. The number of aromatic nitrogens is 4. The topological polar surface area (TPSA) is 83.7 Å². The third-order valence-electron chi connectivity index (χ3n) is 6.13. The molecule has 0 aromatic carbocycles. The van der Waals surface area contributed by atoms with E-state index in [9.17, 15) is 0 Å².